The highest BCUT2D eigenvalue weighted by Gasteiger charge is 2.19. The first-order valence-corrected chi connectivity index (χ1v) is 7.85. The molecule has 21 heavy (non-hydrogen) atoms. The van der Waals surface area contributed by atoms with E-state index >= 15 is 0 Å². The largest absolute Gasteiger partial charge is 0.280 e. The van der Waals surface area contributed by atoms with Gasteiger partial charge in [0.15, 0.2) is 5.65 Å². The highest BCUT2D eigenvalue weighted by molar-refractivity contribution is 9.10. The highest BCUT2D eigenvalue weighted by atomic mass is 79.9. The quantitative estimate of drug-likeness (QED) is 0.647. The van der Waals surface area contributed by atoms with Gasteiger partial charge >= 0.3 is 0 Å². The molecule has 0 saturated heterocycles. The number of aromatic nitrogens is 4. The Morgan fingerprint density at radius 1 is 1.38 bits per heavy atom. The van der Waals surface area contributed by atoms with Crippen LogP contribution in [0.3, 0.4) is 0 Å². The number of halogens is 3. The number of hydrogen-bond donors (Lipinski definition) is 0. The van der Waals surface area contributed by atoms with Crippen LogP contribution in [0, 0.1) is 12.7 Å². The number of benzene rings is 1. The number of rotatable bonds is 3. The van der Waals surface area contributed by atoms with Crippen LogP contribution in [0.1, 0.15) is 18.4 Å². The Bertz CT molecular complexity index is 824. The first-order valence-electron chi connectivity index (χ1n) is 6.53. The molecular formula is C14H13BrClFN4. The van der Waals surface area contributed by atoms with Gasteiger partial charge in [-0.1, -0.05) is 0 Å². The number of hydrogen-bond acceptors (Lipinski definition) is 2. The van der Waals surface area contributed by atoms with E-state index in [-0.39, 0.29) is 11.7 Å². The number of fused-ring (bicyclic) bond motifs is 1. The third-order valence-corrected chi connectivity index (χ3v) is 4.24. The molecule has 0 bridgehead atoms. The van der Waals surface area contributed by atoms with Gasteiger partial charge in [-0.3, -0.25) is 4.57 Å². The molecule has 0 atom stereocenters. The molecule has 0 aliphatic rings. The minimum absolute atomic E-state index is 0.246. The second-order valence-corrected chi connectivity index (χ2v) is 5.79. The fraction of sp³-hybridized carbons (Fsp3) is 0.286. The fourth-order valence-electron chi connectivity index (χ4n) is 2.42. The maximum atomic E-state index is 13.9. The number of alkyl halides is 1. The van der Waals surface area contributed by atoms with Crippen molar-refractivity contribution in [2.45, 2.75) is 26.3 Å². The minimum Gasteiger partial charge on any atom is -0.280 e. The Kier molecular flexibility index (Phi) is 3.75. The van der Waals surface area contributed by atoms with E-state index in [0.29, 0.717) is 22.5 Å². The topological polar surface area (TPSA) is 35.6 Å². The van der Waals surface area contributed by atoms with Crippen LogP contribution in [-0.2, 0) is 12.4 Å². The molecule has 1 aromatic carbocycles. The first-order chi connectivity index (χ1) is 10.1. The molecule has 110 valence electrons. The summed E-state index contributed by atoms with van der Waals surface area (Å²) in [6.07, 6.45) is 0. The van der Waals surface area contributed by atoms with Gasteiger partial charge in [0.2, 0.25) is 0 Å². The zero-order valence-electron chi connectivity index (χ0n) is 11.6. The van der Waals surface area contributed by atoms with E-state index in [1.165, 1.54) is 6.07 Å². The maximum absolute atomic E-state index is 13.9. The number of nitrogens with zero attached hydrogens (tertiary/aromatic N) is 4. The summed E-state index contributed by atoms with van der Waals surface area (Å²) >= 11 is 9.18. The summed E-state index contributed by atoms with van der Waals surface area (Å²) in [6.45, 7) is 4.62. The Morgan fingerprint density at radius 2 is 2.14 bits per heavy atom. The molecule has 4 nitrogen and oxygen atoms in total. The predicted molar refractivity (Wildman–Crippen MR) is 84.5 cm³/mol. The molecule has 0 saturated carbocycles. The van der Waals surface area contributed by atoms with Gasteiger partial charge in [0.1, 0.15) is 17.2 Å². The average Bonchev–Trinajstić information content (AvgIpc) is 2.99. The van der Waals surface area contributed by atoms with Crippen LogP contribution >= 0.6 is 27.5 Å². The molecule has 3 aromatic rings. The second-order valence-electron chi connectivity index (χ2n) is 4.67. The van der Waals surface area contributed by atoms with Crippen molar-refractivity contribution in [3.63, 3.8) is 0 Å². The van der Waals surface area contributed by atoms with E-state index in [2.05, 4.69) is 26.0 Å². The summed E-state index contributed by atoms with van der Waals surface area (Å²) in [5.41, 5.74) is 3.17. The molecule has 0 amide bonds. The third-order valence-electron chi connectivity index (χ3n) is 3.36. The van der Waals surface area contributed by atoms with Gasteiger partial charge in [-0.05, 0) is 48.0 Å². The van der Waals surface area contributed by atoms with Crippen molar-refractivity contribution in [1.29, 1.82) is 0 Å². The molecule has 0 N–H and O–H groups in total. The van der Waals surface area contributed by atoms with Crippen molar-refractivity contribution in [1.82, 2.24) is 19.3 Å². The molecule has 0 aliphatic heterocycles. The molecule has 0 unspecified atom stereocenters. The summed E-state index contributed by atoms with van der Waals surface area (Å²) < 4.78 is 18.0. The molecule has 0 aliphatic carbocycles. The minimum atomic E-state index is -0.325. The van der Waals surface area contributed by atoms with Gasteiger partial charge in [-0.2, -0.15) is 5.10 Å². The standard InChI is InChI=1S/C14H13BrClFN4/c1-3-20-14-13(8(2)19-20)18-12(7-16)21(14)9-4-5-10(15)11(17)6-9/h4-6H,3,7H2,1-2H3. The third kappa shape index (κ3) is 2.26. The van der Waals surface area contributed by atoms with E-state index in [4.69, 9.17) is 11.6 Å². The summed E-state index contributed by atoms with van der Waals surface area (Å²) in [7, 11) is 0. The van der Waals surface area contributed by atoms with Crippen molar-refractivity contribution in [3.8, 4) is 5.69 Å². The van der Waals surface area contributed by atoms with Crippen LogP contribution in [0.2, 0.25) is 0 Å². The average molecular weight is 372 g/mol. The van der Waals surface area contributed by atoms with E-state index in [0.717, 1.165) is 16.9 Å². The monoisotopic (exact) mass is 370 g/mol. The number of imidazole rings is 1. The van der Waals surface area contributed by atoms with Gasteiger partial charge in [-0.25, -0.2) is 14.1 Å². The Morgan fingerprint density at radius 3 is 2.76 bits per heavy atom. The zero-order valence-corrected chi connectivity index (χ0v) is 13.9. The van der Waals surface area contributed by atoms with E-state index < -0.39 is 0 Å². The predicted octanol–water partition coefficient (Wildman–Crippen LogP) is 4.19. The van der Waals surface area contributed by atoms with E-state index in [1.807, 2.05) is 29.2 Å². The highest BCUT2D eigenvalue weighted by Crippen LogP contribution is 2.27. The van der Waals surface area contributed by atoms with Gasteiger partial charge in [0.05, 0.1) is 21.7 Å². The van der Waals surface area contributed by atoms with Gasteiger partial charge in [0, 0.05) is 6.54 Å². The maximum Gasteiger partial charge on any atom is 0.163 e. The van der Waals surface area contributed by atoms with Crippen molar-refractivity contribution in [2.24, 2.45) is 0 Å². The summed E-state index contributed by atoms with van der Waals surface area (Å²) in [5.74, 6) is 0.598. The van der Waals surface area contributed by atoms with Crippen LogP contribution in [0.5, 0.6) is 0 Å². The van der Waals surface area contributed by atoms with Crippen LogP contribution < -0.4 is 0 Å². The van der Waals surface area contributed by atoms with Crippen LogP contribution in [-0.4, -0.2) is 19.3 Å². The lowest BCUT2D eigenvalue weighted by Crippen LogP contribution is -2.06. The van der Waals surface area contributed by atoms with Gasteiger partial charge in [0.25, 0.3) is 0 Å². The second kappa shape index (κ2) is 5.42. The van der Waals surface area contributed by atoms with Gasteiger partial charge in [-0.15, -0.1) is 11.6 Å². The molecule has 2 aromatic heterocycles. The lowest BCUT2D eigenvalue weighted by atomic mass is 10.3. The Balaban J connectivity index is 2.36. The van der Waals surface area contributed by atoms with Crippen LogP contribution in [0.15, 0.2) is 22.7 Å². The normalized spacial score (nSPS) is 11.5. The first kappa shape index (κ1) is 14.5. The fourth-order valence-corrected chi connectivity index (χ4v) is 2.84. The SMILES string of the molecule is CCn1nc(C)c2nc(CCl)n(-c3ccc(Br)c(F)c3)c21. The molecule has 0 fully saturated rings. The molecule has 7 heteroatoms. The Hall–Kier alpha value is -1.40. The molecule has 3 rings (SSSR count). The molecular weight excluding hydrogens is 359 g/mol. The zero-order chi connectivity index (χ0) is 15.1. The summed E-state index contributed by atoms with van der Waals surface area (Å²) in [4.78, 5) is 4.54. The van der Waals surface area contributed by atoms with Gasteiger partial charge < -0.3 is 0 Å². The van der Waals surface area contributed by atoms with Crippen molar-refractivity contribution < 1.29 is 4.39 Å². The smallest absolute Gasteiger partial charge is 0.163 e. The Labute approximate surface area is 134 Å². The summed E-state index contributed by atoms with van der Waals surface area (Å²) in [5, 5.41) is 4.46. The molecule has 2 heterocycles. The number of aryl methyl sites for hydroxylation is 2. The van der Waals surface area contributed by atoms with Crippen molar-refractivity contribution >= 4 is 38.7 Å². The lowest BCUT2D eigenvalue weighted by molar-refractivity contribution is 0.618. The van der Waals surface area contributed by atoms with E-state index in [1.54, 1.807) is 6.07 Å². The summed E-state index contributed by atoms with van der Waals surface area (Å²) in [6, 6.07) is 4.96. The van der Waals surface area contributed by atoms with Crippen molar-refractivity contribution in [3.05, 3.63) is 40.0 Å². The van der Waals surface area contributed by atoms with Crippen molar-refractivity contribution in [2.75, 3.05) is 0 Å². The molecule has 0 spiro atoms. The lowest BCUT2D eigenvalue weighted by Gasteiger charge is -2.10. The molecule has 0 radical (unpaired) electrons. The van der Waals surface area contributed by atoms with E-state index in [9.17, 15) is 4.39 Å². The van der Waals surface area contributed by atoms with Crippen LogP contribution in [0.25, 0.3) is 16.9 Å². The van der Waals surface area contributed by atoms with Crippen LogP contribution in [0.4, 0.5) is 4.39 Å².